The standard InChI is InChI=1S/C13H18N2OS2/c1-8-12(18-7-14-8)9(16)5-11-15-10(6-17-11)13(2,3)4/h6-7,9,16H,5H2,1-4H3. The Hall–Kier alpha value is -0.780. The van der Waals surface area contributed by atoms with E-state index in [0.717, 1.165) is 21.3 Å². The highest BCUT2D eigenvalue weighted by Gasteiger charge is 2.20. The first-order chi connectivity index (χ1) is 8.38. The molecule has 0 aromatic carbocycles. The average molecular weight is 282 g/mol. The molecule has 2 aromatic rings. The van der Waals surface area contributed by atoms with E-state index < -0.39 is 6.10 Å². The first kappa shape index (κ1) is 13.6. The van der Waals surface area contributed by atoms with Crippen molar-refractivity contribution in [3.8, 4) is 0 Å². The number of thiazole rings is 2. The molecule has 0 bridgehead atoms. The molecule has 18 heavy (non-hydrogen) atoms. The summed E-state index contributed by atoms with van der Waals surface area (Å²) in [6, 6.07) is 0. The van der Waals surface area contributed by atoms with Crippen LogP contribution in [0.25, 0.3) is 0 Å². The van der Waals surface area contributed by atoms with Gasteiger partial charge < -0.3 is 5.11 Å². The summed E-state index contributed by atoms with van der Waals surface area (Å²) >= 11 is 3.13. The first-order valence-electron chi connectivity index (χ1n) is 5.91. The molecule has 2 heterocycles. The van der Waals surface area contributed by atoms with Crippen molar-refractivity contribution in [2.75, 3.05) is 0 Å². The SMILES string of the molecule is Cc1ncsc1C(O)Cc1nc(C(C)(C)C)cs1. The molecule has 1 atom stereocenters. The normalized spacial score (nSPS) is 13.8. The fourth-order valence-electron chi connectivity index (χ4n) is 1.64. The van der Waals surface area contributed by atoms with E-state index in [2.05, 4.69) is 36.1 Å². The lowest BCUT2D eigenvalue weighted by Crippen LogP contribution is -2.11. The molecule has 0 aliphatic rings. The van der Waals surface area contributed by atoms with Crippen LogP contribution in [-0.2, 0) is 11.8 Å². The number of hydrogen-bond donors (Lipinski definition) is 1. The van der Waals surface area contributed by atoms with E-state index in [1.807, 2.05) is 6.92 Å². The summed E-state index contributed by atoms with van der Waals surface area (Å²) in [5.41, 5.74) is 3.85. The molecule has 0 radical (unpaired) electrons. The second-order valence-corrected chi connectivity index (χ2v) is 7.23. The zero-order chi connectivity index (χ0) is 13.3. The third-order valence-corrected chi connectivity index (χ3v) is 4.68. The van der Waals surface area contributed by atoms with Crippen LogP contribution in [0.15, 0.2) is 10.9 Å². The highest BCUT2D eigenvalue weighted by atomic mass is 32.1. The Balaban J connectivity index is 2.11. The number of rotatable bonds is 3. The van der Waals surface area contributed by atoms with Gasteiger partial charge in [-0.25, -0.2) is 9.97 Å². The van der Waals surface area contributed by atoms with Crippen LogP contribution in [-0.4, -0.2) is 15.1 Å². The summed E-state index contributed by atoms with van der Waals surface area (Å²) in [5.74, 6) is 0. The highest BCUT2D eigenvalue weighted by Crippen LogP contribution is 2.28. The number of aryl methyl sites for hydroxylation is 1. The summed E-state index contributed by atoms with van der Waals surface area (Å²) in [6.45, 7) is 8.37. The van der Waals surface area contributed by atoms with Crippen LogP contribution in [0.1, 0.15) is 48.1 Å². The number of nitrogens with zero attached hydrogens (tertiary/aromatic N) is 2. The van der Waals surface area contributed by atoms with Gasteiger partial charge in [-0.05, 0) is 6.92 Å². The smallest absolute Gasteiger partial charge is 0.0964 e. The molecule has 0 saturated carbocycles. The number of aliphatic hydroxyl groups is 1. The molecule has 1 N–H and O–H groups in total. The largest absolute Gasteiger partial charge is 0.387 e. The van der Waals surface area contributed by atoms with Crippen LogP contribution in [0.2, 0.25) is 0 Å². The van der Waals surface area contributed by atoms with Crippen molar-refractivity contribution in [3.05, 3.63) is 32.2 Å². The predicted octanol–water partition coefficient (Wildman–Crippen LogP) is 3.48. The molecule has 0 fully saturated rings. The Morgan fingerprint density at radius 3 is 2.56 bits per heavy atom. The maximum atomic E-state index is 10.2. The maximum Gasteiger partial charge on any atom is 0.0964 e. The van der Waals surface area contributed by atoms with Crippen LogP contribution in [0.4, 0.5) is 0 Å². The van der Waals surface area contributed by atoms with Crippen LogP contribution >= 0.6 is 22.7 Å². The fourth-order valence-corrected chi connectivity index (χ4v) is 3.49. The van der Waals surface area contributed by atoms with Crippen molar-refractivity contribution < 1.29 is 5.11 Å². The topological polar surface area (TPSA) is 46.0 Å². The van der Waals surface area contributed by atoms with Gasteiger partial charge in [0.05, 0.1) is 32.9 Å². The van der Waals surface area contributed by atoms with Crippen molar-refractivity contribution in [2.45, 2.75) is 45.6 Å². The van der Waals surface area contributed by atoms with Gasteiger partial charge >= 0.3 is 0 Å². The average Bonchev–Trinajstić information content (AvgIpc) is 2.85. The zero-order valence-corrected chi connectivity index (χ0v) is 12.7. The molecule has 1 unspecified atom stereocenters. The third kappa shape index (κ3) is 2.96. The van der Waals surface area contributed by atoms with E-state index in [9.17, 15) is 5.11 Å². The van der Waals surface area contributed by atoms with E-state index in [-0.39, 0.29) is 5.41 Å². The Labute approximate surface area is 116 Å². The lowest BCUT2D eigenvalue weighted by atomic mass is 9.93. The van der Waals surface area contributed by atoms with Crippen molar-refractivity contribution in [3.63, 3.8) is 0 Å². The van der Waals surface area contributed by atoms with Gasteiger partial charge in [0.2, 0.25) is 0 Å². The highest BCUT2D eigenvalue weighted by molar-refractivity contribution is 7.10. The summed E-state index contributed by atoms with van der Waals surface area (Å²) in [7, 11) is 0. The van der Waals surface area contributed by atoms with Crippen LogP contribution in [0.3, 0.4) is 0 Å². The maximum absolute atomic E-state index is 10.2. The van der Waals surface area contributed by atoms with E-state index >= 15 is 0 Å². The van der Waals surface area contributed by atoms with Gasteiger partial charge in [-0.1, -0.05) is 20.8 Å². The quantitative estimate of drug-likeness (QED) is 0.937. The first-order valence-corrected chi connectivity index (χ1v) is 7.67. The van der Waals surface area contributed by atoms with Gasteiger partial charge in [-0.15, -0.1) is 22.7 Å². The molecule has 0 aliphatic carbocycles. The van der Waals surface area contributed by atoms with E-state index in [0.29, 0.717) is 6.42 Å². The van der Waals surface area contributed by atoms with E-state index in [1.165, 1.54) is 11.3 Å². The predicted molar refractivity (Wildman–Crippen MR) is 76.3 cm³/mol. The monoisotopic (exact) mass is 282 g/mol. The van der Waals surface area contributed by atoms with Gasteiger partial charge in [0.15, 0.2) is 0 Å². The Kier molecular flexibility index (Phi) is 3.84. The zero-order valence-electron chi connectivity index (χ0n) is 11.1. The summed E-state index contributed by atoms with van der Waals surface area (Å²) < 4.78 is 0. The minimum Gasteiger partial charge on any atom is -0.387 e. The van der Waals surface area contributed by atoms with Crippen molar-refractivity contribution >= 4 is 22.7 Å². The van der Waals surface area contributed by atoms with E-state index in [4.69, 9.17) is 0 Å². The number of aliphatic hydroxyl groups excluding tert-OH is 1. The van der Waals surface area contributed by atoms with Crippen molar-refractivity contribution in [1.82, 2.24) is 9.97 Å². The molecular weight excluding hydrogens is 264 g/mol. The second kappa shape index (κ2) is 5.07. The molecule has 0 amide bonds. The molecule has 0 spiro atoms. The minimum atomic E-state index is -0.489. The summed E-state index contributed by atoms with van der Waals surface area (Å²) in [6.07, 6.45) is 0.0838. The lowest BCUT2D eigenvalue weighted by molar-refractivity contribution is 0.181. The summed E-state index contributed by atoms with van der Waals surface area (Å²) in [5, 5.41) is 13.3. The molecule has 3 nitrogen and oxygen atoms in total. The van der Waals surface area contributed by atoms with Crippen molar-refractivity contribution in [2.24, 2.45) is 0 Å². The van der Waals surface area contributed by atoms with Gasteiger partial charge in [0.25, 0.3) is 0 Å². The number of hydrogen-bond acceptors (Lipinski definition) is 5. The molecule has 0 aliphatic heterocycles. The lowest BCUT2D eigenvalue weighted by Gasteiger charge is -2.14. The third-order valence-electron chi connectivity index (χ3n) is 2.77. The van der Waals surface area contributed by atoms with Gasteiger partial charge in [-0.3, -0.25) is 0 Å². The molecule has 2 rings (SSSR count). The molecule has 0 saturated heterocycles. The Morgan fingerprint density at radius 1 is 1.33 bits per heavy atom. The van der Waals surface area contributed by atoms with Gasteiger partial charge in [-0.2, -0.15) is 0 Å². The van der Waals surface area contributed by atoms with Crippen LogP contribution in [0.5, 0.6) is 0 Å². The Morgan fingerprint density at radius 2 is 2.06 bits per heavy atom. The molecule has 98 valence electrons. The van der Waals surface area contributed by atoms with Gasteiger partial charge in [0, 0.05) is 17.2 Å². The summed E-state index contributed by atoms with van der Waals surface area (Å²) in [4.78, 5) is 9.72. The Bertz CT molecular complexity index is 525. The van der Waals surface area contributed by atoms with Gasteiger partial charge in [0.1, 0.15) is 0 Å². The number of aromatic nitrogens is 2. The second-order valence-electron chi connectivity index (χ2n) is 5.40. The van der Waals surface area contributed by atoms with Crippen molar-refractivity contribution in [1.29, 1.82) is 0 Å². The van der Waals surface area contributed by atoms with Crippen LogP contribution in [0, 0.1) is 6.92 Å². The molecule has 2 aromatic heterocycles. The molecular formula is C13H18N2OS2. The minimum absolute atomic E-state index is 0.0696. The fraction of sp³-hybridized carbons (Fsp3) is 0.538. The van der Waals surface area contributed by atoms with Crippen LogP contribution < -0.4 is 0 Å². The molecule has 5 heteroatoms. The van der Waals surface area contributed by atoms with E-state index in [1.54, 1.807) is 16.8 Å².